The van der Waals surface area contributed by atoms with Crippen LogP contribution in [0.25, 0.3) is 0 Å². The maximum atomic E-state index is 13.2. The topological polar surface area (TPSA) is 42.0 Å². The molecule has 0 N–H and O–H groups in total. The number of piperidine rings is 2. The molecule has 0 unspecified atom stereocenters. The summed E-state index contributed by atoms with van der Waals surface area (Å²) in [7, 11) is 0. The molecular formula is C22H32N2O3. The summed E-state index contributed by atoms with van der Waals surface area (Å²) in [5.41, 5.74) is 1.77. The monoisotopic (exact) mass is 372 g/mol. The minimum atomic E-state index is 0.0872. The third kappa shape index (κ3) is 3.79. The normalized spacial score (nSPS) is 21.5. The van der Waals surface area contributed by atoms with Crippen LogP contribution in [0.4, 0.5) is 0 Å². The number of fused-ring (bicyclic) bond motifs is 1. The van der Waals surface area contributed by atoms with Gasteiger partial charge in [0.05, 0.1) is 5.56 Å². The predicted octanol–water partition coefficient (Wildman–Crippen LogP) is 3.67. The summed E-state index contributed by atoms with van der Waals surface area (Å²) in [5, 5.41) is 0. The van der Waals surface area contributed by atoms with Crippen LogP contribution in [0.5, 0.6) is 11.5 Å². The minimum absolute atomic E-state index is 0.0872. The summed E-state index contributed by atoms with van der Waals surface area (Å²) in [6, 6.07) is 4.61. The molecule has 1 aromatic rings. The molecule has 0 atom stereocenters. The highest BCUT2D eigenvalue weighted by atomic mass is 16.6. The van der Waals surface area contributed by atoms with Gasteiger partial charge in [-0.15, -0.1) is 0 Å². The fourth-order valence-corrected chi connectivity index (χ4v) is 4.67. The molecular weight excluding hydrogens is 340 g/mol. The molecule has 5 nitrogen and oxygen atoms in total. The van der Waals surface area contributed by atoms with Crippen molar-refractivity contribution in [3.8, 4) is 11.5 Å². The third-order valence-electron chi connectivity index (χ3n) is 6.23. The summed E-state index contributed by atoms with van der Waals surface area (Å²) < 4.78 is 11.8. The van der Waals surface area contributed by atoms with E-state index in [1.807, 2.05) is 17.0 Å². The van der Waals surface area contributed by atoms with Gasteiger partial charge in [-0.25, -0.2) is 0 Å². The van der Waals surface area contributed by atoms with E-state index in [2.05, 4.69) is 18.7 Å². The zero-order valence-corrected chi connectivity index (χ0v) is 16.7. The molecule has 2 saturated heterocycles. The van der Waals surface area contributed by atoms with Gasteiger partial charge in [0, 0.05) is 24.7 Å². The summed E-state index contributed by atoms with van der Waals surface area (Å²) in [6.07, 6.45) is 6.17. The van der Waals surface area contributed by atoms with Gasteiger partial charge >= 0.3 is 0 Å². The van der Waals surface area contributed by atoms with Crippen molar-refractivity contribution in [2.75, 3.05) is 39.4 Å². The summed E-state index contributed by atoms with van der Waals surface area (Å²) in [5.74, 6) is 1.84. The number of benzene rings is 1. The van der Waals surface area contributed by atoms with Gasteiger partial charge in [-0.3, -0.25) is 4.79 Å². The van der Waals surface area contributed by atoms with Gasteiger partial charge in [0.1, 0.15) is 13.2 Å². The molecule has 3 aliphatic heterocycles. The quantitative estimate of drug-likeness (QED) is 0.812. The Hall–Kier alpha value is -1.75. The molecule has 0 aliphatic carbocycles. The van der Waals surface area contributed by atoms with Crippen LogP contribution in [0, 0.1) is 0 Å². The highest BCUT2D eigenvalue weighted by Crippen LogP contribution is 2.41. The zero-order valence-electron chi connectivity index (χ0n) is 16.7. The molecule has 0 radical (unpaired) electrons. The van der Waals surface area contributed by atoms with E-state index in [-0.39, 0.29) is 5.91 Å². The van der Waals surface area contributed by atoms with E-state index < -0.39 is 0 Å². The van der Waals surface area contributed by atoms with Gasteiger partial charge in [-0.1, -0.05) is 26.3 Å². The van der Waals surface area contributed by atoms with Crippen LogP contribution in [0.1, 0.15) is 67.8 Å². The van der Waals surface area contributed by atoms with E-state index in [1.165, 1.54) is 32.4 Å². The van der Waals surface area contributed by atoms with Crippen molar-refractivity contribution in [1.29, 1.82) is 0 Å². The number of hydrogen-bond donors (Lipinski definition) is 0. The molecule has 3 heterocycles. The maximum absolute atomic E-state index is 13.2. The van der Waals surface area contributed by atoms with E-state index in [0.717, 1.165) is 37.2 Å². The van der Waals surface area contributed by atoms with E-state index in [4.69, 9.17) is 9.47 Å². The van der Waals surface area contributed by atoms with Crippen molar-refractivity contribution in [3.63, 3.8) is 0 Å². The minimum Gasteiger partial charge on any atom is -0.486 e. The van der Waals surface area contributed by atoms with Crippen molar-refractivity contribution < 1.29 is 14.3 Å². The first-order chi connectivity index (χ1) is 13.1. The van der Waals surface area contributed by atoms with Crippen molar-refractivity contribution in [3.05, 3.63) is 23.3 Å². The molecule has 148 valence electrons. The van der Waals surface area contributed by atoms with E-state index in [9.17, 15) is 4.79 Å². The predicted molar refractivity (Wildman–Crippen MR) is 106 cm³/mol. The Bertz CT molecular complexity index is 674. The molecule has 0 spiro atoms. The Labute approximate surface area is 162 Å². The molecule has 0 saturated carbocycles. The van der Waals surface area contributed by atoms with Crippen LogP contribution in [0.2, 0.25) is 0 Å². The molecule has 0 bridgehead atoms. The number of carbonyl (C=O) groups excluding carboxylic acids is 1. The Morgan fingerprint density at radius 2 is 1.63 bits per heavy atom. The van der Waals surface area contributed by atoms with Crippen LogP contribution in [-0.4, -0.2) is 61.1 Å². The van der Waals surface area contributed by atoms with E-state index in [1.54, 1.807) is 0 Å². The van der Waals surface area contributed by atoms with E-state index in [0.29, 0.717) is 36.5 Å². The second kappa shape index (κ2) is 8.09. The zero-order chi connectivity index (χ0) is 18.8. The van der Waals surface area contributed by atoms with Crippen molar-refractivity contribution in [1.82, 2.24) is 9.80 Å². The van der Waals surface area contributed by atoms with Crippen molar-refractivity contribution in [2.45, 2.75) is 57.9 Å². The molecule has 2 fully saturated rings. The summed E-state index contributed by atoms with van der Waals surface area (Å²) >= 11 is 0. The second-order valence-electron chi connectivity index (χ2n) is 8.33. The number of ether oxygens (including phenoxy) is 2. The number of rotatable bonds is 3. The van der Waals surface area contributed by atoms with Gasteiger partial charge < -0.3 is 19.3 Å². The van der Waals surface area contributed by atoms with Crippen molar-refractivity contribution in [2.24, 2.45) is 0 Å². The molecule has 1 amide bonds. The van der Waals surface area contributed by atoms with Crippen LogP contribution in [0.15, 0.2) is 12.1 Å². The smallest absolute Gasteiger partial charge is 0.257 e. The van der Waals surface area contributed by atoms with Crippen molar-refractivity contribution >= 4 is 5.91 Å². The van der Waals surface area contributed by atoms with Gasteiger partial charge in [-0.05, 0) is 50.8 Å². The van der Waals surface area contributed by atoms with Crippen LogP contribution in [0.3, 0.4) is 0 Å². The van der Waals surface area contributed by atoms with Crippen LogP contribution in [-0.2, 0) is 0 Å². The highest BCUT2D eigenvalue weighted by Gasteiger charge is 2.31. The lowest BCUT2D eigenvalue weighted by atomic mass is 9.97. The fourth-order valence-electron chi connectivity index (χ4n) is 4.67. The molecule has 5 heteroatoms. The Morgan fingerprint density at radius 3 is 2.30 bits per heavy atom. The van der Waals surface area contributed by atoms with Gasteiger partial charge in [-0.2, -0.15) is 0 Å². The van der Waals surface area contributed by atoms with Crippen LogP contribution < -0.4 is 9.47 Å². The average Bonchev–Trinajstić information content (AvgIpc) is 2.73. The first kappa shape index (κ1) is 18.6. The number of nitrogens with zero attached hydrogens (tertiary/aromatic N) is 2. The number of likely N-dealkylation sites (tertiary alicyclic amines) is 2. The largest absolute Gasteiger partial charge is 0.486 e. The molecule has 27 heavy (non-hydrogen) atoms. The Balaban J connectivity index is 1.47. The fraction of sp³-hybridized carbons (Fsp3) is 0.682. The number of carbonyl (C=O) groups is 1. The number of amides is 1. The molecule has 0 aromatic heterocycles. The summed E-state index contributed by atoms with van der Waals surface area (Å²) in [6.45, 7) is 9.46. The average molecular weight is 373 g/mol. The Kier molecular flexibility index (Phi) is 5.58. The van der Waals surface area contributed by atoms with Gasteiger partial charge in [0.25, 0.3) is 5.91 Å². The van der Waals surface area contributed by atoms with Gasteiger partial charge in [0.15, 0.2) is 11.5 Å². The lowest BCUT2D eigenvalue weighted by molar-refractivity contribution is 0.0582. The third-order valence-corrected chi connectivity index (χ3v) is 6.23. The first-order valence-electron chi connectivity index (χ1n) is 10.6. The highest BCUT2D eigenvalue weighted by molar-refractivity contribution is 5.98. The van der Waals surface area contributed by atoms with Gasteiger partial charge in [0.2, 0.25) is 0 Å². The Morgan fingerprint density at radius 1 is 0.963 bits per heavy atom. The maximum Gasteiger partial charge on any atom is 0.257 e. The second-order valence-corrected chi connectivity index (χ2v) is 8.33. The lowest BCUT2D eigenvalue weighted by Gasteiger charge is -2.40. The van der Waals surface area contributed by atoms with Crippen LogP contribution >= 0.6 is 0 Å². The molecule has 4 rings (SSSR count). The number of hydrogen-bond acceptors (Lipinski definition) is 4. The SMILES string of the molecule is CC(C)c1ccc(C(=O)N2CCC(N3CCCCC3)CC2)c2c1OCCO2. The molecule has 1 aromatic carbocycles. The van der Waals surface area contributed by atoms with E-state index >= 15 is 0 Å². The first-order valence-corrected chi connectivity index (χ1v) is 10.6. The molecule has 3 aliphatic rings. The lowest BCUT2D eigenvalue weighted by Crippen LogP contribution is -2.48. The standard InChI is InChI=1S/C22H32N2O3/c1-16(2)18-6-7-19(21-20(18)26-14-15-27-21)22(25)24-12-8-17(9-13-24)23-10-4-3-5-11-23/h6-7,16-17H,3-5,8-15H2,1-2H3. The summed E-state index contributed by atoms with van der Waals surface area (Å²) in [4.78, 5) is 17.9.